The predicted octanol–water partition coefficient (Wildman–Crippen LogP) is 3.58. The summed E-state index contributed by atoms with van der Waals surface area (Å²) < 4.78 is 1.73. The fraction of sp³-hybridized carbons (Fsp3) is 0.500. The molecular formula is C22H29N3O3. The Labute approximate surface area is 166 Å². The van der Waals surface area contributed by atoms with Gasteiger partial charge in [-0.05, 0) is 42.7 Å². The number of carbonyl (C=O) groups excluding carboxylic acids is 1. The van der Waals surface area contributed by atoms with Crippen molar-refractivity contribution in [3.8, 4) is 0 Å². The van der Waals surface area contributed by atoms with E-state index in [-0.39, 0.29) is 17.5 Å². The van der Waals surface area contributed by atoms with Crippen molar-refractivity contribution in [1.29, 1.82) is 0 Å². The van der Waals surface area contributed by atoms with E-state index in [0.717, 1.165) is 25.7 Å². The summed E-state index contributed by atoms with van der Waals surface area (Å²) in [7, 11) is 0. The minimum atomic E-state index is -0.962. The number of benzene rings is 1. The van der Waals surface area contributed by atoms with E-state index in [1.165, 1.54) is 17.3 Å². The lowest BCUT2D eigenvalue weighted by atomic mass is 10.00. The molecule has 1 aromatic carbocycles. The monoisotopic (exact) mass is 383 g/mol. The molecule has 150 valence electrons. The van der Waals surface area contributed by atoms with Gasteiger partial charge in [-0.2, -0.15) is 5.10 Å². The molecule has 1 aliphatic rings. The first-order chi connectivity index (χ1) is 13.4. The minimum Gasteiger partial charge on any atom is -0.478 e. The molecule has 1 N–H and O–H groups in total. The van der Waals surface area contributed by atoms with E-state index in [1.54, 1.807) is 10.9 Å². The molecule has 1 aromatic heterocycles. The van der Waals surface area contributed by atoms with Crippen LogP contribution in [0.25, 0.3) is 0 Å². The maximum absolute atomic E-state index is 12.5. The van der Waals surface area contributed by atoms with E-state index < -0.39 is 5.97 Å². The minimum absolute atomic E-state index is 0.158. The summed E-state index contributed by atoms with van der Waals surface area (Å²) in [6, 6.07) is 8.76. The van der Waals surface area contributed by atoms with Gasteiger partial charge in [0.15, 0.2) is 0 Å². The number of hydrogen-bond donors (Lipinski definition) is 1. The summed E-state index contributed by atoms with van der Waals surface area (Å²) in [6.07, 6.45) is 6.94. The van der Waals surface area contributed by atoms with Crippen LogP contribution in [0.1, 0.15) is 60.6 Å². The normalized spacial score (nSPS) is 15.2. The number of nitrogens with zero attached hydrogens (tertiary/aromatic N) is 3. The van der Waals surface area contributed by atoms with Crippen molar-refractivity contribution in [3.05, 3.63) is 53.3 Å². The number of amides is 1. The van der Waals surface area contributed by atoms with Crippen molar-refractivity contribution in [1.82, 2.24) is 14.7 Å². The van der Waals surface area contributed by atoms with Gasteiger partial charge >= 0.3 is 5.97 Å². The number of hydrogen-bond acceptors (Lipinski definition) is 3. The molecule has 2 aromatic rings. The quantitative estimate of drug-likeness (QED) is 0.793. The van der Waals surface area contributed by atoms with Gasteiger partial charge in [0.2, 0.25) is 5.91 Å². The molecule has 0 atom stereocenters. The fourth-order valence-corrected chi connectivity index (χ4v) is 3.75. The van der Waals surface area contributed by atoms with Crippen molar-refractivity contribution >= 4 is 11.9 Å². The van der Waals surface area contributed by atoms with Crippen molar-refractivity contribution in [2.24, 2.45) is 5.92 Å². The summed E-state index contributed by atoms with van der Waals surface area (Å²) in [5.74, 6) is -0.125. The van der Waals surface area contributed by atoms with Crippen LogP contribution in [0.3, 0.4) is 0 Å². The summed E-state index contributed by atoms with van der Waals surface area (Å²) in [5, 5.41) is 13.2. The zero-order valence-corrected chi connectivity index (χ0v) is 16.7. The van der Waals surface area contributed by atoms with Gasteiger partial charge in [0, 0.05) is 25.7 Å². The molecule has 2 heterocycles. The van der Waals surface area contributed by atoms with Crippen LogP contribution >= 0.6 is 0 Å². The van der Waals surface area contributed by atoms with Crippen LogP contribution in [0.4, 0.5) is 0 Å². The maximum atomic E-state index is 12.5. The van der Waals surface area contributed by atoms with Gasteiger partial charge in [-0.25, -0.2) is 4.79 Å². The Bertz CT molecular complexity index is 803. The highest BCUT2D eigenvalue weighted by molar-refractivity contribution is 5.86. The van der Waals surface area contributed by atoms with Crippen LogP contribution in [-0.2, 0) is 17.6 Å². The molecule has 0 unspecified atom stereocenters. The highest BCUT2D eigenvalue weighted by Gasteiger charge is 2.24. The Kier molecular flexibility index (Phi) is 6.49. The van der Waals surface area contributed by atoms with Crippen LogP contribution in [0.5, 0.6) is 0 Å². The second kappa shape index (κ2) is 9.04. The topological polar surface area (TPSA) is 75.4 Å². The van der Waals surface area contributed by atoms with Gasteiger partial charge in [-0.3, -0.25) is 9.48 Å². The third-order valence-corrected chi connectivity index (χ3v) is 5.33. The Morgan fingerprint density at radius 1 is 1.14 bits per heavy atom. The molecule has 0 saturated carbocycles. The summed E-state index contributed by atoms with van der Waals surface area (Å²) in [5.41, 5.74) is 2.75. The van der Waals surface area contributed by atoms with Gasteiger partial charge in [0.25, 0.3) is 0 Å². The number of rotatable bonds is 7. The number of aromatic carboxylic acids is 1. The molecule has 6 heteroatoms. The number of piperidine rings is 1. The van der Waals surface area contributed by atoms with Gasteiger partial charge in [0.05, 0.1) is 17.8 Å². The van der Waals surface area contributed by atoms with Gasteiger partial charge in [-0.15, -0.1) is 0 Å². The van der Waals surface area contributed by atoms with Crippen molar-refractivity contribution in [3.63, 3.8) is 0 Å². The number of aryl methyl sites for hydroxylation is 1. The van der Waals surface area contributed by atoms with E-state index in [4.69, 9.17) is 5.11 Å². The van der Waals surface area contributed by atoms with Crippen LogP contribution in [0, 0.1) is 5.92 Å². The van der Waals surface area contributed by atoms with E-state index in [2.05, 4.69) is 43.2 Å². The first kappa shape index (κ1) is 20.1. The zero-order chi connectivity index (χ0) is 20.1. The summed E-state index contributed by atoms with van der Waals surface area (Å²) in [6.45, 7) is 5.82. The lowest BCUT2D eigenvalue weighted by Crippen LogP contribution is -2.39. The molecule has 28 heavy (non-hydrogen) atoms. The largest absolute Gasteiger partial charge is 0.478 e. The molecule has 0 spiro atoms. The van der Waals surface area contributed by atoms with Crippen LogP contribution < -0.4 is 0 Å². The summed E-state index contributed by atoms with van der Waals surface area (Å²) >= 11 is 0. The van der Waals surface area contributed by atoms with E-state index >= 15 is 0 Å². The van der Waals surface area contributed by atoms with E-state index in [1.807, 2.05) is 4.90 Å². The van der Waals surface area contributed by atoms with E-state index in [0.29, 0.717) is 25.4 Å². The third-order valence-electron chi connectivity index (χ3n) is 5.33. The molecule has 3 rings (SSSR count). The van der Waals surface area contributed by atoms with Crippen LogP contribution in [-0.4, -0.2) is 44.8 Å². The second-order valence-electron chi connectivity index (χ2n) is 8.04. The lowest BCUT2D eigenvalue weighted by Gasteiger charge is -2.32. The Balaban J connectivity index is 1.45. The van der Waals surface area contributed by atoms with Gasteiger partial charge in [-0.1, -0.05) is 38.1 Å². The molecule has 1 fully saturated rings. The molecule has 1 amide bonds. The molecule has 6 nitrogen and oxygen atoms in total. The average Bonchev–Trinajstić information content (AvgIpc) is 3.17. The molecule has 0 aliphatic carbocycles. The highest BCUT2D eigenvalue weighted by atomic mass is 16.4. The van der Waals surface area contributed by atoms with Crippen molar-refractivity contribution in [2.45, 2.75) is 52.0 Å². The Morgan fingerprint density at radius 3 is 2.36 bits per heavy atom. The Morgan fingerprint density at radius 2 is 1.79 bits per heavy atom. The van der Waals surface area contributed by atoms with Crippen LogP contribution in [0.15, 0.2) is 36.7 Å². The van der Waals surface area contributed by atoms with Gasteiger partial charge < -0.3 is 10.0 Å². The number of likely N-dealkylation sites (tertiary alicyclic amines) is 1. The van der Waals surface area contributed by atoms with Crippen LogP contribution in [0.2, 0.25) is 0 Å². The number of carboxylic acid groups (broad SMARTS) is 1. The molecule has 0 bridgehead atoms. The molecule has 1 aliphatic heterocycles. The number of carbonyl (C=O) groups is 2. The van der Waals surface area contributed by atoms with Crippen molar-refractivity contribution < 1.29 is 14.7 Å². The third kappa shape index (κ3) is 5.21. The summed E-state index contributed by atoms with van der Waals surface area (Å²) in [4.78, 5) is 25.5. The first-order valence-electron chi connectivity index (χ1n) is 10.1. The predicted molar refractivity (Wildman–Crippen MR) is 107 cm³/mol. The first-order valence-corrected chi connectivity index (χ1v) is 10.1. The maximum Gasteiger partial charge on any atom is 0.338 e. The van der Waals surface area contributed by atoms with E-state index in [9.17, 15) is 9.59 Å². The fourth-order valence-electron chi connectivity index (χ4n) is 3.75. The smallest absolute Gasteiger partial charge is 0.338 e. The number of aromatic nitrogens is 2. The molecular weight excluding hydrogens is 354 g/mol. The van der Waals surface area contributed by atoms with Gasteiger partial charge in [0.1, 0.15) is 0 Å². The lowest BCUT2D eigenvalue weighted by molar-refractivity contribution is -0.132. The molecule has 1 saturated heterocycles. The SMILES string of the molecule is CC(C)Cc1ccc(CCC(=O)N2CCC(n3cc(C(=O)O)cn3)CC2)cc1. The standard InChI is InChI=1S/C22H29N3O3/c1-16(2)13-18-5-3-17(4-6-18)7-8-21(26)24-11-9-20(10-12-24)25-15-19(14-23-25)22(27)28/h3-6,14-16,20H,7-13H2,1-2H3,(H,27,28). The Hall–Kier alpha value is -2.63. The zero-order valence-electron chi connectivity index (χ0n) is 16.7. The number of carboxylic acids is 1. The second-order valence-corrected chi connectivity index (χ2v) is 8.04. The van der Waals surface area contributed by atoms with Crippen molar-refractivity contribution in [2.75, 3.05) is 13.1 Å². The molecule has 0 radical (unpaired) electrons. The highest BCUT2D eigenvalue weighted by Crippen LogP contribution is 2.23. The average molecular weight is 383 g/mol.